The number of aliphatic hydroxyl groups is 1. The van der Waals surface area contributed by atoms with Crippen LogP contribution in [0.3, 0.4) is 0 Å². The molecule has 0 aliphatic carbocycles. The summed E-state index contributed by atoms with van der Waals surface area (Å²) in [5.74, 6) is -0.190. The second kappa shape index (κ2) is 56.7. The van der Waals surface area contributed by atoms with E-state index < -0.39 is 20.0 Å². The van der Waals surface area contributed by atoms with E-state index in [0.29, 0.717) is 17.4 Å². The standard InChI is InChI=1S/C66H123N2O6P/c1-6-8-10-12-14-16-18-20-22-24-26-28-30-31-32-33-34-35-36-37-38-40-42-44-46-48-50-52-54-56-58-60-66(70)67-64(63-74-75(71,72)73-62-61-68(3,4)5)65(69)59-57-55-53-51-49-47-45-43-41-39-29-27-25-23-21-19-17-15-13-11-9-7-2/h18,20,24,26,30-31,41,43,49,51,57,59,64-65,69H,6-17,19,21-23,25,27-29,32-40,42,44-48,50,52-56,58,60-63H2,1-5H3,(H-,67,70,71,72)/p+1/b20-18-,26-24-,31-30-,43-41+,51-49+,59-57+. The second-order valence-corrected chi connectivity index (χ2v) is 24.2. The van der Waals surface area contributed by atoms with E-state index in [0.717, 1.165) is 57.8 Å². The summed E-state index contributed by atoms with van der Waals surface area (Å²) in [6.45, 7) is 4.80. The van der Waals surface area contributed by atoms with Gasteiger partial charge in [0.15, 0.2) is 0 Å². The molecule has 0 heterocycles. The van der Waals surface area contributed by atoms with E-state index >= 15 is 0 Å². The highest BCUT2D eigenvalue weighted by Gasteiger charge is 2.27. The first kappa shape index (κ1) is 72.9. The number of carbonyl (C=O) groups excluding carboxylic acids is 1. The molecule has 0 saturated carbocycles. The molecule has 0 saturated heterocycles. The molecule has 0 fully saturated rings. The summed E-state index contributed by atoms with van der Waals surface area (Å²) < 4.78 is 23.7. The van der Waals surface area contributed by atoms with E-state index in [9.17, 15) is 19.4 Å². The second-order valence-electron chi connectivity index (χ2n) is 22.8. The SMILES string of the molecule is CCCCCCC/C=C\C/C=C\C/C=C\CCCCCCCCCCCCCCCCCCC(=O)NC(COP(=O)(O)OCC[N+](C)(C)C)C(O)/C=C/CC/C=C/CC/C=C/CCCCCCCCCCCCCC. The van der Waals surface area contributed by atoms with Crippen molar-refractivity contribution in [3.63, 3.8) is 0 Å². The van der Waals surface area contributed by atoms with Crippen LogP contribution in [0, 0.1) is 0 Å². The van der Waals surface area contributed by atoms with Gasteiger partial charge in [0.25, 0.3) is 0 Å². The molecule has 0 aliphatic rings. The summed E-state index contributed by atoms with van der Waals surface area (Å²) in [7, 11) is 1.55. The fourth-order valence-corrected chi connectivity index (χ4v) is 9.88. The van der Waals surface area contributed by atoms with Crippen LogP contribution in [0.1, 0.15) is 290 Å². The van der Waals surface area contributed by atoms with Gasteiger partial charge in [0, 0.05) is 6.42 Å². The third kappa shape index (κ3) is 59.4. The smallest absolute Gasteiger partial charge is 0.387 e. The minimum absolute atomic E-state index is 0.0520. The van der Waals surface area contributed by atoms with Crippen molar-refractivity contribution in [3.8, 4) is 0 Å². The van der Waals surface area contributed by atoms with Crippen LogP contribution < -0.4 is 5.32 Å². The lowest BCUT2D eigenvalue weighted by molar-refractivity contribution is -0.870. The Morgan fingerprint density at radius 2 is 0.773 bits per heavy atom. The molecule has 3 unspecified atom stereocenters. The molecular weight excluding hydrogens is 948 g/mol. The highest BCUT2D eigenvalue weighted by Crippen LogP contribution is 2.43. The number of nitrogens with zero attached hydrogens (tertiary/aromatic N) is 1. The molecule has 1 amide bonds. The summed E-state index contributed by atoms with van der Waals surface area (Å²) in [4.78, 5) is 23.4. The van der Waals surface area contributed by atoms with Gasteiger partial charge in [-0.2, -0.15) is 0 Å². The molecule has 3 N–H and O–H groups in total. The number of unbranched alkanes of at least 4 members (excludes halogenated alkanes) is 35. The maximum Gasteiger partial charge on any atom is 0.472 e. The molecular formula is C66H124N2O6P+. The lowest BCUT2D eigenvalue weighted by atomic mass is 10.0. The monoisotopic (exact) mass is 1070 g/mol. The van der Waals surface area contributed by atoms with Crippen LogP contribution in [0.2, 0.25) is 0 Å². The predicted molar refractivity (Wildman–Crippen MR) is 327 cm³/mol. The number of carbonyl (C=O) groups is 1. The van der Waals surface area contributed by atoms with Gasteiger partial charge in [-0.15, -0.1) is 0 Å². The van der Waals surface area contributed by atoms with E-state index in [4.69, 9.17) is 9.05 Å². The van der Waals surface area contributed by atoms with Crippen molar-refractivity contribution in [1.82, 2.24) is 5.32 Å². The van der Waals surface area contributed by atoms with Gasteiger partial charge in [-0.1, -0.05) is 273 Å². The Morgan fingerprint density at radius 3 is 1.16 bits per heavy atom. The normalized spacial score (nSPS) is 14.3. The van der Waals surface area contributed by atoms with Crippen LogP contribution in [0.25, 0.3) is 0 Å². The average Bonchev–Trinajstić information content (AvgIpc) is 3.37. The number of allylic oxidation sites excluding steroid dienone is 11. The van der Waals surface area contributed by atoms with Gasteiger partial charge in [0.2, 0.25) is 5.91 Å². The van der Waals surface area contributed by atoms with Gasteiger partial charge in [-0.3, -0.25) is 13.8 Å². The first-order valence-corrected chi connectivity index (χ1v) is 33.3. The van der Waals surface area contributed by atoms with Gasteiger partial charge in [0.1, 0.15) is 13.2 Å². The highest BCUT2D eigenvalue weighted by atomic mass is 31.2. The zero-order valence-corrected chi connectivity index (χ0v) is 50.9. The Labute approximate surface area is 465 Å². The van der Waals surface area contributed by atoms with Gasteiger partial charge in [-0.25, -0.2) is 4.57 Å². The Balaban J connectivity index is 4.17. The third-order valence-electron chi connectivity index (χ3n) is 14.1. The molecule has 75 heavy (non-hydrogen) atoms. The topological polar surface area (TPSA) is 105 Å². The Kier molecular flexibility index (Phi) is 55.1. The van der Waals surface area contributed by atoms with Gasteiger partial charge >= 0.3 is 7.82 Å². The summed E-state index contributed by atoms with van der Waals surface area (Å²) >= 11 is 0. The van der Waals surface area contributed by atoms with E-state index in [1.54, 1.807) is 6.08 Å². The molecule has 3 atom stereocenters. The van der Waals surface area contributed by atoms with Crippen molar-refractivity contribution < 1.29 is 32.9 Å². The van der Waals surface area contributed by atoms with Crippen molar-refractivity contribution >= 4 is 13.7 Å². The number of aliphatic hydroxyl groups excluding tert-OH is 1. The quantitative estimate of drug-likeness (QED) is 0.0243. The summed E-state index contributed by atoms with van der Waals surface area (Å²) in [6.07, 6.45) is 78.8. The first-order valence-electron chi connectivity index (χ1n) is 31.8. The van der Waals surface area contributed by atoms with Crippen molar-refractivity contribution in [1.29, 1.82) is 0 Å². The minimum Gasteiger partial charge on any atom is -0.387 e. The molecule has 9 heteroatoms. The van der Waals surface area contributed by atoms with Gasteiger partial charge < -0.3 is 19.8 Å². The number of hydrogen-bond donors (Lipinski definition) is 3. The maximum atomic E-state index is 13.0. The molecule has 0 bridgehead atoms. The fraction of sp³-hybridized carbons (Fsp3) is 0.803. The van der Waals surface area contributed by atoms with Gasteiger partial charge in [0.05, 0.1) is 39.9 Å². The zero-order chi connectivity index (χ0) is 54.9. The summed E-state index contributed by atoms with van der Waals surface area (Å²) in [5, 5.41) is 13.9. The third-order valence-corrected chi connectivity index (χ3v) is 15.1. The predicted octanol–water partition coefficient (Wildman–Crippen LogP) is 19.8. The Hall–Kier alpha value is -2.06. The fourth-order valence-electron chi connectivity index (χ4n) is 9.14. The molecule has 0 aromatic carbocycles. The number of likely N-dealkylation sites (N-methyl/N-ethyl adjacent to an activating group) is 1. The van der Waals surface area contributed by atoms with Crippen LogP contribution in [-0.4, -0.2) is 73.4 Å². The van der Waals surface area contributed by atoms with Crippen LogP contribution in [0.15, 0.2) is 72.9 Å². The molecule has 0 rings (SSSR count). The molecule has 0 aliphatic heterocycles. The van der Waals surface area contributed by atoms with Gasteiger partial charge in [-0.05, 0) is 83.5 Å². The van der Waals surface area contributed by atoms with Crippen molar-refractivity contribution in [2.24, 2.45) is 0 Å². The number of phosphoric ester groups is 1. The molecule has 0 radical (unpaired) electrons. The lowest BCUT2D eigenvalue weighted by Gasteiger charge is -2.25. The Bertz CT molecular complexity index is 1450. The van der Waals surface area contributed by atoms with E-state index in [1.807, 2.05) is 27.2 Å². The number of nitrogens with one attached hydrogen (secondary N) is 1. The van der Waals surface area contributed by atoms with Crippen molar-refractivity contribution in [2.75, 3.05) is 40.9 Å². The highest BCUT2D eigenvalue weighted by molar-refractivity contribution is 7.47. The molecule has 0 aromatic heterocycles. The lowest BCUT2D eigenvalue weighted by Crippen LogP contribution is -2.45. The van der Waals surface area contributed by atoms with E-state index in [-0.39, 0.29) is 19.1 Å². The minimum atomic E-state index is -4.36. The Morgan fingerprint density at radius 1 is 0.453 bits per heavy atom. The number of hydrogen-bond acceptors (Lipinski definition) is 5. The van der Waals surface area contributed by atoms with Crippen LogP contribution in [0.5, 0.6) is 0 Å². The number of phosphoric acid groups is 1. The molecule has 0 spiro atoms. The number of amides is 1. The van der Waals surface area contributed by atoms with Crippen molar-refractivity contribution in [2.45, 2.75) is 302 Å². The van der Waals surface area contributed by atoms with Crippen molar-refractivity contribution in [3.05, 3.63) is 72.9 Å². The molecule has 438 valence electrons. The maximum absolute atomic E-state index is 13.0. The molecule has 8 nitrogen and oxygen atoms in total. The van der Waals surface area contributed by atoms with E-state index in [2.05, 4.69) is 79.9 Å². The first-order chi connectivity index (χ1) is 36.5. The number of quaternary nitrogens is 1. The van der Waals surface area contributed by atoms with Crippen LogP contribution in [0.4, 0.5) is 0 Å². The van der Waals surface area contributed by atoms with E-state index in [1.165, 1.54) is 212 Å². The average molecular weight is 1070 g/mol. The summed E-state index contributed by atoms with van der Waals surface area (Å²) in [6, 6.07) is -0.873. The van der Waals surface area contributed by atoms with Crippen LogP contribution in [-0.2, 0) is 18.4 Å². The van der Waals surface area contributed by atoms with Crippen LogP contribution >= 0.6 is 7.82 Å². The summed E-state index contributed by atoms with van der Waals surface area (Å²) in [5.41, 5.74) is 0. The number of rotatable bonds is 58. The largest absolute Gasteiger partial charge is 0.472 e. The molecule has 0 aromatic rings. The zero-order valence-electron chi connectivity index (χ0n) is 50.0.